The zero-order chi connectivity index (χ0) is 13.1. The second-order valence-electron chi connectivity index (χ2n) is 5.30. The molecule has 1 unspecified atom stereocenters. The van der Waals surface area contributed by atoms with Gasteiger partial charge >= 0.3 is 0 Å². The van der Waals surface area contributed by atoms with Crippen molar-refractivity contribution in [3.63, 3.8) is 0 Å². The van der Waals surface area contributed by atoms with E-state index in [0.29, 0.717) is 6.42 Å². The fourth-order valence-corrected chi connectivity index (χ4v) is 1.63. The number of carbonyl (C=O) groups excluding carboxylic acids is 1. The molecule has 0 spiro atoms. The SMILES string of the molecule is COc1ccccc1CC(=O)C(N)C(C)(C)C. The van der Waals surface area contributed by atoms with Gasteiger partial charge in [-0.2, -0.15) is 0 Å². The van der Waals surface area contributed by atoms with E-state index in [1.54, 1.807) is 7.11 Å². The van der Waals surface area contributed by atoms with Crippen LogP contribution in [0.4, 0.5) is 0 Å². The first-order chi connectivity index (χ1) is 7.86. The Balaban J connectivity index is 2.81. The Morgan fingerprint density at radius 1 is 1.35 bits per heavy atom. The maximum Gasteiger partial charge on any atom is 0.154 e. The Morgan fingerprint density at radius 3 is 2.47 bits per heavy atom. The highest BCUT2D eigenvalue weighted by atomic mass is 16.5. The second kappa shape index (κ2) is 5.32. The van der Waals surface area contributed by atoms with Crippen molar-refractivity contribution in [1.82, 2.24) is 0 Å². The van der Waals surface area contributed by atoms with Gasteiger partial charge in [-0.1, -0.05) is 39.0 Å². The molecule has 17 heavy (non-hydrogen) atoms. The summed E-state index contributed by atoms with van der Waals surface area (Å²) in [5.41, 5.74) is 6.62. The maximum atomic E-state index is 12.0. The maximum absolute atomic E-state index is 12.0. The smallest absolute Gasteiger partial charge is 0.154 e. The van der Waals surface area contributed by atoms with Crippen LogP contribution in [-0.2, 0) is 11.2 Å². The monoisotopic (exact) mass is 235 g/mol. The average Bonchev–Trinajstić information content (AvgIpc) is 2.27. The minimum absolute atomic E-state index is 0.0435. The molecule has 0 aliphatic heterocycles. The summed E-state index contributed by atoms with van der Waals surface area (Å²) in [6.07, 6.45) is 0.322. The lowest BCUT2D eigenvalue weighted by atomic mass is 9.83. The normalized spacial score (nSPS) is 13.2. The fourth-order valence-electron chi connectivity index (χ4n) is 1.63. The lowest BCUT2D eigenvalue weighted by Crippen LogP contribution is -2.43. The molecule has 0 heterocycles. The van der Waals surface area contributed by atoms with Crippen LogP contribution in [0.25, 0.3) is 0 Å². The molecule has 1 aromatic carbocycles. The van der Waals surface area contributed by atoms with Crippen molar-refractivity contribution in [3.05, 3.63) is 29.8 Å². The number of benzene rings is 1. The molecule has 0 fully saturated rings. The van der Waals surface area contributed by atoms with Gasteiger partial charge in [0, 0.05) is 12.0 Å². The Morgan fingerprint density at radius 2 is 1.94 bits per heavy atom. The Labute approximate surface area is 103 Å². The van der Waals surface area contributed by atoms with Crippen molar-refractivity contribution < 1.29 is 9.53 Å². The molecule has 0 saturated heterocycles. The summed E-state index contributed by atoms with van der Waals surface area (Å²) < 4.78 is 5.22. The predicted molar refractivity (Wildman–Crippen MR) is 69.1 cm³/mol. The fraction of sp³-hybridized carbons (Fsp3) is 0.500. The summed E-state index contributed by atoms with van der Waals surface area (Å²) in [6.45, 7) is 5.91. The molecule has 0 aliphatic rings. The van der Waals surface area contributed by atoms with Crippen LogP contribution in [0.3, 0.4) is 0 Å². The molecular weight excluding hydrogens is 214 g/mol. The number of Topliss-reactive ketones (excluding diaryl/α,β-unsaturated/α-hetero) is 1. The molecule has 0 radical (unpaired) electrons. The van der Waals surface area contributed by atoms with E-state index < -0.39 is 6.04 Å². The van der Waals surface area contributed by atoms with Crippen LogP contribution in [0.15, 0.2) is 24.3 Å². The molecule has 0 aromatic heterocycles. The third-order valence-corrected chi connectivity index (χ3v) is 2.84. The van der Waals surface area contributed by atoms with E-state index in [0.717, 1.165) is 11.3 Å². The minimum atomic E-state index is -0.451. The van der Waals surface area contributed by atoms with E-state index >= 15 is 0 Å². The molecule has 1 atom stereocenters. The molecule has 1 aromatic rings. The number of methoxy groups -OCH3 is 1. The number of carbonyl (C=O) groups is 1. The molecule has 1 rings (SSSR count). The minimum Gasteiger partial charge on any atom is -0.496 e. The zero-order valence-corrected chi connectivity index (χ0v) is 11.0. The first kappa shape index (κ1) is 13.7. The number of nitrogens with two attached hydrogens (primary N) is 1. The summed E-state index contributed by atoms with van der Waals surface area (Å²) in [5, 5.41) is 0. The van der Waals surface area contributed by atoms with Gasteiger partial charge < -0.3 is 10.5 Å². The summed E-state index contributed by atoms with van der Waals surface area (Å²) in [7, 11) is 1.60. The highest BCUT2D eigenvalue weighted by molar-refractivity contribution is 5.87. The lowest BCUT2D eigenvalue weighted by Gasteiger charge is -2.25. The third-order valence-electron chi connectivity index (χ3n) is 2.84. The predicted octanol–water partition coefficient (Wildman–Crippen LogP) is 2.18. The number of ketones is 1. The van der Waals surface area contributed by atoms with E-state index in [2.05, 4.69) is 0 Å². The van der Waals surface area contributed by atoms with E-state index in [1.807, 2.05) is 45.0 Å². The number of para-hydroxylation sites is 1. The first-order valence-corrected chi connectivity index (χ1v) is 5.76. The third kappa shape index (κ3) is 3.56. The summed E-state index contributed by atoms with van der Waals surface area (Å²) in [5.74, 6) is 0.781. The van der Waals surface area contributed by atoms with Crippen molar-refractivity contribution in [1.29, 1.82) is 0 Å². The molecule has 0 bridgehead atoms. The van der Waals surface area contributed by atoms with E-state index in [1.165, 1.54) is 0 Å². The number of hydrogen-bond acceptors (Lipinski definition) is 3. The first-order valence-electron chi connectivity index (χ1n) is 5.76. The Kier molecular flexibility index (Phi) is 4.29. The highest BCUT2D eigenvalue weighted by Gasteiger charge is 2.27. The number of ether oxygens (including phenoxy) is 1. The largest absolute Gasteiger partial charge is 0.496 e. The topological polar surface area (TPSA) is 52.3 Å². The van der Waals surface area contributed by atoms with Crippen molar-refractivity contribution in [2.45, 2.75) is 33.2 Å². The molecule has 94 valence electrons. The zero-order valence-electron chi connectivity index (χ0n) is 11.0. The number of hydrogen-bond donors (Lipinski definition) is 1. The highest BCUT2D eigenvalue weighted by Crippen LogP contribution is 2.22. The van der Waals surface area contributed by atoms with Crippen molar-refractivity contribution in [2.75, 3.05) is 7.11 Å². The molecule has 3 nitrogen and oxygen atoms in total. The molecule has 0 amide bonds. The molecular formula is C14H21NO2. The van der Waals surface area contributed by atoms with Crippen LogP contribution in [0, 0.1) is 5.41 Å². The summed E-state index contributed by atoms with van der Waals surface area (Å²) >= 11 is 0. The van der Waals surface area contributed by atoms with Crippen LogP contribution in [0.2, 0.25) is 0 Å². The van der Waals surface area contributed by atoms with E-state index in [4.69, 9.17) is 10.5 Å². The summed E-state index contributed by atoms with van der Waals surface area (Å²) in [4.78, 5) is 12.0. The quantitative estimate of drug-likeness (QED) is 0.870. The van der Waals surface area contributed by atoms with E-state index in [9.17, 15) is 4.79 Å². The van der Waals surface area contributed by atoms with Gasteiger partial charge in [0.15, 0.2) is 5.78 Å². The Hall–Kier alpha value is -1.35. The van der Waals surface area contributed by atoms with Gasteiger partial charge in [0.05, 0.1) is 13.2 Å². The van der Waals surface area contributed by atoms with Gasteiger partial charge in [-0.25, -0.2) is 0 Å². The van der Waals surface area contributed by atoms with Crippen LogP contribution in [-0.4, -0.2) is 18.9 Å². The van der Waals surface area contributed by atoms with E-state index in [-0.39, 0.29) is 11.2 Å². The van der Waals surface area contributed by atoms with Crippen LogP contribution < -0.4 is 10.5 Å². The molecule has 3 heteroatoms. The van der Waals surface area contributed by atoms with Crippen molar-refractivity contribution >= 4 is 5.78 Å². The van der Waals surface area contributed by atoms with Gasteiger partial charge in [0.1, 0.15) is 5.75 Å². The van der Waals surface area contributed by atoms with Crippen molar-refractivity contribution in [3.8, 4) is 5.75 Å². The molecule has 0 saturated carbocycles. The van der Waals surface area contributed by atoms with Gasteiger partial charge in [0.2, 0.25) is 0 Å². The van der Waals surface area contributed by atoms with Gasteiger partial charge in [-0.05, 0) is 11.5 Å². The van der Waals surface area contributed by atoms with Crippen LogP contribution >= 0.6 is 0 Å². The summed E-state index contributed by atoms with van der Waals surface area (Å²) in [6, 6.07) is 7.08. The standard InChI is InChI=1S/C14H21NO2/c1-14(2,3)13(15)11(16)9-10-7-5-6-8-12(10)17-4/h5-8,13H,9,15H2,1-4H3. The van der Waals surface area contributed by atoms with Gasteiger partial charge in [0.25, 0.3) is 0 Å². The lowest BCUT2D eigenvalue weighted by molar-refractivity contribution is -0.121. The Bertz CT molecular complexity index is 393. The molecule has 0 aliphatic carbocycles. The average molecular weight is 235 g/mol. The van der Waals surface area contributed by atoms with Crippen molar-refractivity contribution in [2.24, 2.45) is 11.1 Å². The molecule has 2 N–H and O–H groups in total. The van der Waals surface area contributed by atoms with Crippen LogP contribution in [0.5, 0.6) is 5.75 Å². The van der Waals surface area contributed by atoms with Crippen LogP contribution in [0.1, 0.15) is 26.3 Å². The van der Waals surface area contributed by atoms with Gasteiger partial charge in [-0.15, -0.1) is 0 Å². The second-order valence-corrected chi connectivity index (χ2v) is 5.30. The van der Waals surface area contributed by atoms with Gasteiger partial charge in [-0.3, -0.25) is 4.79 Å². The number of rotatable bonds is 4.